The number of carbonyl (C=O) groups excluding carboxylic acids is 1. The second-order valence-corrected chi connectivity index (χ2v) is 8.54. The molecule has 1 aliphatic heterocycles. The van der Waals surface area contributed by atoms with E-state index >= 15 is 0 Å². The third-order valence-corrected chi connectivity index (χ3v) is 6.44. The maximum Gasteiger partial charge on any atom is 0.254 e. The normalized spacial score (nSPS) is 14.8. The summed E-state index contributed by atoms with van der Waals surface area (Å²) >= 11 is 1.69. The Morgan fingerprint density at radius 1 is 1.24 bits per heavy atom. The number of rotatable bonds is 6. The summed E-state index contributed by atoms with van der Waals surface area (Å²) in [5, 5.41) is 15.4. The summed E-state index contributed by atoms with van der Waals surface area (Å²) in [7, 11) is 0. The number of para-hydroxylation sites is 1. The molecule has 2 N–H and O–H groups in total. The van der Waals surface area contributed by atoms with Crippen LogP contribution in [0, 0.1) is 13.8 Å². The maximum absolute atomic E-state index is 13.1. The Balaban J connectivity index is 1.64. The first kappa shape index (κ1) is 19.9. The van der Waals surface area contributed by atoms with Gasteiger partial charge in [0, 0.05) is 12.5 Å². The van der Waals surface area contributed by atoms with E-state index in [0.29, 0.717) is 18.0 Å². The SMILES string of the molecule is Cc1cccc(C)c1-n1ncc(C(=O)NCCc2ccsc2)c1C1CCNCC1. The Bertz CT molecular complexity index is 951. The minimum absolute atomic E-state index is 0.0220. The van der Waals surface area contributed by atoms with E-state index in [4.69, 9.17) is 5.10 Å². The third kappa shape index (κ3) is 4.28. The zero-order valence-electron chi connectivity index (χ0n) is 17.1. The second kappa shape index (κ2) is 8.93. The lowest BCUT2D eigenvalue weighted by Crippen LogP contribution is -2.31. The van der Waals surface area contributed by atoms with Crippen LogP contribution in [0.5, 0.6) is 0 Å². The van der Waals surface area contributed by atoms with Gasteiger partial charge < -0.3 is 10.6 Å². The maximum atomic E-state index is 13.1. The number of benzene rings is 1. The highest BCUT2D eigenvalue weighted by atomic mass is 32.1. The lowest BCUT2D eigenvalue weighted by molar-refractivity contribution is 0.0952. The lowest BCUT2D eigenvalue weighted by atomic mass is 9.91. The van der Waals surface area contributed by atoms with Crippen molar-refractivity contribution >= 4 is 17.2 Å². The molecule has 0 radical (unpaired) electrons. The molecule has 4 rings (SSSR count). The largest absolute Gasteiger partial charge is 0.352 e. The fourth-order valence-corrected chi connectivity index (χ4v) is 4.89. The van der Waals surface area contributed by atoms with Gasteiger partial charge in [0.25, 0.3) is 5.91 Å². The molecule has 2 aromatic heterocycles. The van der Waals surface area contributed by atoms with Crippen molar-refractivity contribution < 1.29 is 4.79 Å². The Hall–Kier alpha value is -2.44. The Kier molecular flexibility index (Phi) is 6.11. The molecule has 1 saturated heterocycles. The predicted molar refractivity (Wildman–Crippen MR) is 118 cm³/mol. The van der Waals surface area contributed by atoms with E-state index < -0.39 is 0 Å². The molecule has 3 heterocycles. The van der Waals surface area contributed by atoms with Gasteiger partial charge in [-0.3, -0.25) is 4.79 Å². The number of hydrogen-bond acceptors (Lipinski definition) is 4. The van der Waals surface area contributed by atoms with E-state index in [0.717, 1.165) is 43.7 Å². The van der Waals surface area contributed by atoms with Crippen molar-refractivity contribution in [2.75, 3.05) is 19.6 Å². The van der Waals surface area contributed by atoms with Gasteiger partial charge in [-0.2, -0.15) is 16.4 Å². The monoisotopic (exact) mass is 408 g/mol. The van der Waals surface area contributed by atoms with Crippen LogP contribution in [0.3, 0.4) is 0 Å². The number of piperidine rings is 1. The summed E-state index contributed by atoms with van der Waals surface area (Å²) in [6.07, 6.45) is 4.64. The highest BCUT2D eigenvalue weighted by Gasteiger charge is 2.27. The molecule has 1 aliphatic rings. The summed E-state index contributed by atoms with van der Waals surface area (Å²) in [6, 6.07) is 8.39. The van der Waals surface area contributed by atoms with Crippen LogP contribution in [0.25, 0.3) is 5.69 Å². The number of aromatic nitrogens is 2. The average molecular weight is 409 g/mol. The van der Waals surface area contributed by atoms with Crippen molar-refractivity contribution in [1.82, 2.24) is 20.4 Å². The van der Waals surface area contributed by atoms with Gasteiger partial charge in [0.05, 0.1) is 23.1 Å². The van der Waals surface area contributed by atoms with Gasteiger partial charge in [0.15, 0.2) is 0 Å². The van der Waals surface area contributed by atoms with E-state index in [1.165, 1.54) is 16.7 Å². The molecule has 1 aromatic carbocycles. The smallest absolute Gasteiger partial charge is 0.254 e. The standard InChI is InChI=1S/C23H28N4OS/c1-16-4-3-5-17(2)21(16)27-22(19-7-10-24-11-8-19)20(14-26-27)23(28)25-12-6-18-9-13-29-15-18/h3-5,9,13-15,19,24H,6-8,10-12H2,1-2H3,(H,25,28). The molecule has 1 fully saturated rings. The zero-order chi connectivity index (χ0) is 20.2. The Morgan fingerprint density at radius 2 is 2.00 bits per heavy atom. The van der Waals surface area contributed by atoms with Gasteiger partial charge in [0.2, 0.25) is 0 Å². The first-order valence-corrected chi connectivity index (χ1v) is 11.2. The summed E-state index contributed by atoms with van der Waals surface area (Å²) in [5.74, 6) is 0.307. The molecule has 152 valence electrons. The van der Waals surface area contributed by atoms with Crippen LogP contribution in [-0.4, -0.2) is 35.3 Å². The Labute approximate surface area is 176 Å². The number of nitrogens with zero attached hydrogens (tertiary/aromatic N) is 2. The topological polar surface area (TPSA) is 59.0 Å². The summed E-state index contributed by atoms with van der Waals surface area (Å²) in [4.78, 5) is 13.1. The predicted octanol–water partition coefficient (Wildman–Crippen LogP) is 3.99. The third-order valence-electron chi connectivity index (χ3n) is 5.71. The molecule has 29 heavy (non-hydrogen) atoms. The van der Waals surface area contributed by atoms with Gasteiger partial charge in [-0.15, -0.1) is 0 Å². The number of carbonyl (C=O) groups is 1. The van der Waals surface area contributed by atoms with Crippen LogP contribution >= 0.6 is 11.3 Å². The highest BCUT2D eigenvalue weighted by Crippen LogP contribution is 2.32. The fourth-order valence-electron chi connectivity index (χ4n) is 4.19. The van der Waals surface area contributed by atoms with Crippen LogP contribution in [0.1, 0.15) is 51.5 Å². The van der Waals surface area contributed by atoms with Crippen molar-refractivity contribution in [2.24, 2.45) is 0 Å². The van der Waals surface area contributed by atoms with E-state index in [1.807, 2.05) is 4.68 Å². The summed E-state index contributed by atoms with van der Waals surface area (Å²) in [5.41, 5.74) is 6.47. The van der Waals surface area contributed by atoms with E-state index in [9.17, 15) is 4.79 Å². The molecule has 0 unspecified atom stereocenters. The van der Waals surface area contributed by atoms with Gasteiger partial charge in [-0.05, 0) is 79.7 Å². The first-order valence-electron chi connectivity index (χ1n) is 10.3. The van der Waals surface area contributed by atoms with Crippen molar-refractivity contribution in [3.63, 3.8) is 0 Å². The van der Waals surface area contributed by atoms with Crippen LogP contribution < -0.4 is 10.6 Å². The van der Waals surface area contributed by atoms with Crippen LogP contribution in [-0.2, 0) is 6.42 Å². The molecule has 0 bridgehead atoms. The van der Waals surface area contributed by atoms with Crippen molar-refractivity contribution in [3.05, 3.63) is 69.2 Å². The number of hydrogen-bond donors (Lipinski definition) is 2. The van der Waals surface area contributed by atoms with Gasteiger partial charge in [0.1, 0.15) is 0 Å². The summed E-state index contributed by atoms with van der Waals surface area (Å²) < 4.78 is 2.02. The van der Waals surface area contributed by atoms with Gasteiger partial charge in [-0.1, -0.05) is 18.2 Å². The second-order valence-electron chi connectivity index (χ2n) is 7.76. The molecular weight excluding hydrogens is 380 g/mol. The molecule has 6 heteroatoms. The molecule has 5 nitrogen and oxygen atoms in total. The van der Waals surface area contributed by atoms with E-state index in [1.54, 1.807) is 17.5 Å². The molecule has 0 aliphatic carbocycles. The van der Waals surface area contributed by atoms with Crippen molar-refractivity contribution in [3.8, 4) is 5.69 Å². The van der Waals surface area contributed by atoms with Crippen LogP contribution in [0.4, 0.5) is 0 Å². The molecule has 3 aromatic rings. The van der Waals surface area contributed by atoms with Crippen molar-refractivity contribution in [2.45, 2.75) is 39.0 Å². The molecule has 1 amide bonds. The molecule has 0 saturated carbocycles. The van der Waals surface area contributed by atoms with E-state index in [-0.39, 0.29) is 5.91 Å². The zero-order valence-corrected chi connectivity index (χ0v) is 17.9. The average Bonchev–Trinajstić information content (AvgIpc) is 3.39. The lowest BCUT2D eigenvalue weighted by Gasteiger charge is -2.25. The molecular formula is C23H28N4OS. The number of amides is 1. The number of aryl methyl sites for hydroxylation is 2. The number of nitrogens with one attached hydrogen (secondary N) is 2. The Morgan fingerprint density at radius 3 is 2.69 bits per heavy atom. The minimum atomic E-state index is -0.0220. The number of thiophene rings is 1. The summed E-state index contributed by atoms with van der Waals surface area (Å²) in [6.45, 7) is 6.80. The quantitative estimate of drug-likeness (QED) is 0.648. The van der Waals surface area contributed by atoms with Crippen molar-refractivity contribution in [1.29, 1.82) is 0 Å². The van der Waals surface area contributed by atoms with Gasteiger partial charge in [-0.25, -0.2) is 4.68 Å². The van der Waals surface area contributed by atoms with E-state index in [2.05, 4.69) is 59.5 Å². The highest BCUT2D eigenvalue weighted by molar-refractivity contribution is 7.07. The van der Waals surface area contributed by atoms with Gasteiger partial charge >= 0.3 is 0 Å². The molecule has 0 spiro atoms. The van der Waals surface area contributed by atoms with Crippen LogP contribution in [0.2, 0.25) is 0 Å². The van der Waals surface area contributed by atoms with Crippen LogP contribution in [0.15, 0.2) is 41.2 Å². The minimum Gasteiger partial charge on any atom is -0.352 e. The molecule has 0 atom stereocenters. The first-order chi connectivity index (χ1) is 14.1. The fraction of sp³-hybridized carbons (Fsp3) is 0.391.